The molecule has 118 valence electrons. The molecule has 0 aromatic heterocycles. The summed E-state index contributed by atoms with van der Waals surface area (Å²) in [6.07, 6.45) is 1.31. The summed E-state index contributed by atoms with van der Waals surface area (Å²) in [5.41, 5.74) is 0.201. The maximum absolute atomic E-state index is 5.81. The monoisotopic (exact) mass is 286 g/mol. The average Bonchev–Trinajstić information content (AvgIpc) is 2.46. The smallest absolute Gasteiger partial charge is 0.0724 e. The predicted octanol–water partition coefficient (Wildman–Crippen LogP) is 0.835. The Bertz CT molecular complexity index is 280. The topological polar surface area (TPSA) is 34.2 Å². The van der Waals surface area contributed by atoms with Gasteiger partial charge in [0.1, 0.15) is 0 Å². The largest absolute Gasteiger partial charge is 0.385 e. The van der Waals surface area contributed by atoms with E-state index >= 15 is 0 Å². The minimum atomic E-state index is 0.201. The molecule has 0 bridgehead atoms. The van der Waals surface area contributed by atoms with Crippen molar-refractivity contribution in [2.24, 2.45) is 0 Å². The molecule has 0 radical (unpaired) electrons. The van der Waals surface area contributed by atoms with Crippen molar-refractivity contribution in [2.75, 3.05) is 66.3 Å². The van der Waals surface area contributed by atoms with Gasteiger partial charge in [-0.25, -0.2) is 0 Å². The van der Waals surface area contributed by atoms with Crippen molar-refractivity contribution >= 4 is 0 Å². The third kappa shape index (κ3) is 4.67. The van der Waals surface area contributed by atoms with Gasteiger partial charge in [0.2, 0.25) is 0 Å². The van der Waals surface area contributed by atoms with Gasteiger partial charge in [-0.2, -0.15) is 0 Å². The summed E-state index contributed by atoms with van der Waals surface area (Å²) in [5.74, 6) is 0. The van der Waals surface area contributed by atoms with Gasteiger partial charge >= 0.3 is 0 Å². The summed E-state index contributed by atoms with van der Waals surface area (Å²) < 4.78 is 16.4. The minimum Gasteiger partial charge on any atom is -0.385 e. The van der Waals surface area contributed by atoms with Crippen LogP contribution in [0.3, 0.4) is 0 Å². The lowest BCUT2D eigenvalue weighted by atomic mass is 10.0. The Morgan fingerprint density at radius 2 is 1.90 bits per heavy atom. The second kappa shape index (κ2) is 7.71. The number of nitrogens with zero attached hydrogens (tertiary/aromatic N) is 2. The first-order valence-electron chi connectivity index (χ1n) is 7.77. The molecule has 5 nitrogen and oxygen atoms in total. The standard InChI is InChI=1S/C15H30N2O3/c1-15(2,17-6-9-19-10-7-17)13-16-5-11-20-14(12-16)4-8-18-3/h14H,4-13H2,1-3H3. The molecule has 2 fully saturated rings. The zero-order valence-electron chi connectivity index (χ0n) is 13.3. The highest BCUT2D eigenvalue weighted by Crippen LogP contribution is 2.20. The maximum atomic E-state index is 5.81. The van der Waals surface area contributed by atoms with E-state index < -0.39 is 0 Å². The second-order valence-electron chi connectivity index (χ2n) is 6.42. The molecule has 2 heterocycles. The molecule has 2 rings (SSSR count). The molecule has 0 aromatic carbocycles. The Morgan fingerprint density at radius 1 is 1.15 bits per heavy atom. The third-order valence-electron chi connectivity index (χ3n) is 4.34. The molecule has 0 saturated carbocycles. The Kier molecular flexibility index (Phi) is 6.23. The first kappa shape index (κ1) is 16.2. The summed E-state index contributed by atoms with van der Waals surface area (Å²) in [6.45, 7) is 13.3. The van der Waals surface area contributed by atoms with Crippen molar-refractivity contribution in [3.63, 3.8) is 0 Å². The Hall–Kier alpha value is -0.200. The SMILES string of the molecule is COCCC1CN(CC(C)(C)N2CCOCC2)CCO1. The lowest BCUT2D eigenvalue weighted by Gasteiger charge is -2.45. The van der Waals surface area contributed by atoms with Crippen LogP contribution in [0.15, 0.2) is 0 Å². The molecule has 1 unspecified atom stereocenters. The molecule has 0 aliphatic carbocycles. The van der Waals surface area contributed by atoms with Crippen LogP contribution in [0.5, 0.6) is 0 Å². The van der Waals surface area contributed by atoms with Gasteiger partial charge in [-0.1, -0.05) is 0 Å². The minimum absolute atomic E-state index is 0.201. The van der Waals surface area contributed by atoms with E-state index in [0.29, 0.717) is 6.10 Å². The van der Waals surface area contributed by atoms with E-state index in [-0.39, 0.29) is 5.54 Å². The van der Waals surface area contributed by atoms with Gasteiger partial charge in [0.15, 0.2) is 0 Å². The van der Waals surface area contributed by atoms with E-state index in [1.54, 1.807) is 7.11 Å². The van der Waals surface area contributed by atoms with Crippen molar-refractivity contribution in [3.8, 4) is 0 Å². The number of morpholine rings is 2. The molecule has 0 aromatic rings. The van der Waals surface area contributed by atoms with Crippen molar-refractivity contribution in [1.82, 2.24) is 9.80 Å². The van der Waals surface area contributed by atoms with E-state index in [9.17, 15) is 0 Å². The van der Waals surface area contributed by atoms with E-state index in [2.05, 4.69) is 23.6 Å². The van der Waals surface area contributed by atoms with Crippen LogP contribution in [0, 0.1) is 0 Å². The quantitative estimate of drug-likeness (QED) is 0.723. The fourth-order valence-corrected chi connectivity index (χ4v) is 3.16. The molecule has 1 atom stereocenters. The summed E-state index contributed by atoms with van der Waals surface area (Å²) in [4.78, 5) is 5.09. The van der Waals surface area contributed by atoms with Gasteiger partial charge in [-0.15, -0.1) is 0 Å². The number of methoxy groups -OCH3 is 1. The zero-order valence-corrected chi connectivity index (χ0v) is 13.3. The summed E-state index contributed by atoms with van der Waals surface area (Å²) >= 11 is 0. The van der Waals surface area contributed by atoms with E-state index in [4.69, 9.17) is 14.2 Å². The van der Waals surface area contributed by atoms with Crippen molar-refractivity contribution < 1.29 is 14.2 Å². The molecule has 20 heavy (non-hydrogen) atoms. The van der Waals surface area contributed by atoms with Gasteiger partial charge in [-0.3, -0.25) is 9.80 Å². The number of hydrogen-bond donors (Lipinski definition) is 0. The maximum Gasteiger partial charge on any atom is 0.0724 e. The second-order valence-corrected chi connectivity index (χ2v) is 6.42. The van der Waals surface area contributed by atoms with Crippen LogP contribution in [-0.2, 0) is 14.2 Å². The van der Waals surface area contributed by atoms with E-state index in [0.717, 1.165) is 65.6 Å². The first-order valence-corrected chi connectivity index (χ1v) is 7.77. The lowest BCUT2D eigenvalue weighted by Crippen LogP contribution is -2.57. The number of rotatable bonds is 6. The summed E-state index contributed by atoms with van der Waals surface area (Å²) in [5, 5.41) is 0. The Morgan fingerprint density at radius 3 is 2.60 bits per heavy atom. The highest BCUT2D eigenvalue weighted by atomic mass is 16.5. The van der Waals surface area contributed by atoms with Crippen LogP contribution in [0.1, 0.15) is 20.3 Å². The van der Waals surface area contributed by atoms with E-state index in [1.165, 1.54) is 0 Å². The van der Waals surface area contributed by atoms with Gasteiger partial charge in [0, 0.05) is 52.0 Å². The molecule has 0 spiro atoms. The highest BCUT2D eigenvalue weighted by Gasteiger charge is 2.32. The fraction of sp³-hybridized carbons (Fsp3) is 1.00. The Balaban J connectivity index is 1.81. The van der Waals surface area contributed by atoms with Crippen molar-refractivity contribution in [2.45, 2.75) is 31.9 Å². The lowest BCUT2D eigenvalue weighted by molar-refractivity contribution is -0.0662. The van der Waals surface area contributed by atoms with Crippen LogP contribution in [0.2, 0.25) is 0 Å². The third-order valence-corrected chi connectivity index (χ3v) is 4.34. The molecule has 2 saturated heterocycles. The van der Waals surface area contributed by atoms with Gasteiger partial charge < -0.3 is 14.2 Å². The highest BCUT2D eigenvalue weighted by molar-refractivity contribution is 4.88. The molecule has 0 N–H and O–H groups in total. The fourth-order valence-electron chi connectivity index (χ4n) is 3.16. The average molecular weight is 286 g/mol. The van der Waals surface area contributed by atoms with Crippen LogP contribution >= 0.6 is 0 Å². The molecule has 2 aliphatic rings. The van der Waals surface area contributed by atoms with Crippen LogP contribution in [0.25, 0.3) is 0 Å². The Labute approximate surface area is 123 Å². The van der Waals surface area contributed by atoms with Crippen LogP contribution < -0.4 is 0 Å². The van der Waals surface area contributed by atoms with Crippen LogP contribution in [0.4, 0.5) is 0 Å². The van der Waals surface area contributed by atoms with Gasteiger partial charge in [0.05, 0.1) is 25.9 Å². The van der Waals surface area contributed by atoms with Gasteiger partial charge in [0.25, 0.3) is 0 Å². The van der Waals surface area contributed by atoms with Crippen molar-refractivity contribution in [1.29, 1.82) is 0 Å². The molecular weight excluding hydrogens is 256 g/mol. The zero-order chi connectivity index (χ0) is 14.4. The summed E-state index contributed by atoms with van der Waals surface area (Å²) in [7, 11) is 1.75. The normalized spacial score (nSPS) is 26.9. The first-order chi connectivity index (χ1) is 9.62. The molecule has 2 aliphatic heterocycles. The molecule has 0 amide bonds. The van der Waals surface area contributed by atoms with Crippen molar-refractivity contribution in [3.05, 3.63) is 0 Å². The predicted molar refractivity (Wildman–Crippen MR) is 79.1 cm³/mol. The summed E-state index contributed by atoms with van der Waals surface area (Å²) in [6, 6.07) is 0. The van der Waals surface area contributed by atoms with Crippen LogP contribution in [-0.4, -0.2) is 87.7 Å². The van der Waals surface area contributed by atoms with Gasteiger partial charge in [-0.05, 0) is 20.3 Å². The molecule has 5 heteroatoms. The molecular formula is C15H30N2O3. The number of ether oxygens (including phenoxy) is 3. The number of hydrogen-bond acceptors (Lipinski definition) is 5. The van der Waals surface area contributed by atoms with E-state index in [1.807, 2.05) is 0 Å².